The molecule has 1 unspecified atom stereocenters. The fraction of sp³-hybridized carbons (Fsp3) is 0.217. The quantitative estimate of drug-likeness (QED) is 0.450. The summed E-state index contributed by atoms with van der Waals surface area (Å²) >= 11 is 0. The van der Waals surface area contributed by atoms with Crippen LogP contribution < -0.4 is 9.47 Å². The van der Waals surface area contributed by atoms with E-state index in [1.165, 1.54) is 12.1 Å². The molecule has 1 aliphatic heterocycles. The molecule has 31 heavy (non-hydrogen) atoms. The van der Waals surface area contributed by atoms with E-state index in [1.807, 2.05) is 30.3 Å². The second-order valence-electron chi connectivity index (χ2n) is 7.24. The predicted molar refractivity (Wildman–Crippen MR) is 121 cm³/mol. The van der Waals surface area contributed by atoms with Crippen molar-refractivity contribution < 1.29 is 27.0 Å². The Morgan fingerprint density at radius 3 is 2.13 bits per heavy atom. The molecule has 0 saturated carbocycles. The maximum absolute atomic E-state index is 13.1. The Labute approximate surface area is 183 Å². The van der Waals surface area contributed by atoms with Crippen LogP contribution in [0, 0.1) is 0 Å². The lowest BCUT2D eigenvalue weighted by molar-refractivity contribution is 0.247. The second kappa shape index (κ2) is 8.92. The molecule has 1 atom stereocenters. The molecule has 0 amide bonds. The predicted octanol–water partition coefficient (Wildman–Crippen LogP) is 5.17. The van der Waals surface area contributed by atoms with E-state index in [2.05, 4.69) is 0 Å². The van der Waals surface area contributed by atoms with E-state index in [9.17, 15) is 17.5 Å². The Morgan fingerprint density at radius 1 is 0.839 bits per heavy atom. The van der Waals surface area contributed by atoms with E-state index in [-0.39, 0.29) is 15.5 Å². The van der Waals surface area contributed by atoms with Gasteiger partial charge in [-0.2, -0.15) is 10.6 Å². The molecular formula is C23H24O6S2. The summed E-state index contributed by atoms with van der Waals surface area (Å²) in [6, 6.07) is 22.4. The number of fused-ring (bicyclic) bond motifs is 1. The van der Waals surface area contributed by atoms with Gasteiger partial charge in [-0.25, -0.2) is 8.42 Å². The van der Waals surface area contributed by atoms with Gasteiger partial charge in [0.2, 0.25) is 0 Å². The van der Waals surface area contributed by atoms with Crippen molar-refractivity contribution in [3.05, 3.63) is 84.4 Å². The smallest absolute Gasteiger partial charge is 0.187 e. The summed E-state index contributed by atoms with van der Waals surface area (Å²) in [5, 5.41) is -0.997. The third-order valence-electron chi connectivity index (χ3n) is 5.08. The van der Waals surface area contributed by atoms with Gasteiger partial charge in [0.15, 0.2) is 9.84 Å². The van der Waals surface area contributed by atoms with Crippen molar-refractivity contribution in [2.75, 3.05) is 19.0 Å². The zero-order valence-electron chi connectivity index (χ0n) is 16.8. The first-order valence-corrected chi connectivity index (χ1v) is 13.1. The minimum atomic E-state index is -3.74. The van der Waals surface area contributed by atoms with E-state index < -0.39 is 25.7 Å². The SMILES string of the molecule is O=S(=O)(c1ccccc1)C1CS(O)(O)c2cc(OCCCOc3ccccc3)ccc21. The van der Waals surface area contributed by atoms with Crippen molar-refractivity contribution in [3.63, 3.8) is 0 Å². The van der Waals surface area contributed by atoms with Crippen molar-refractivity contribution in [1.29, 1.82) is 0 Å². The van der Waals surface area contributed by atoms with Gasteiger partial charge in [-0.1, -0.05) is 42.5 Å². The van der Waals surface area contributed by atoms with Crippen LogP contribution in [0.1, 0.15) is 17.2 Å². The summed E-state index contributed by atoms with van der Waals surface area (Å²) in [5.74, 6) is 1.02. The monoisotopic (exact) mass is 460 g/mol. The lowest BCUT2D eigenvalue weighted by Crippen LogP contribution is -2.15. The van der Waals surface area contributed by atoms with Crippen LogP contribution in [0.2, 0.25) is 0 Å². The van der Waals surface area contributed by atoms with Gasteiger partial charge in [-0.15, -0.1) is 0 Å². The molecule has 8 heteroatoms. The topological polar surface area (TPSA) is 93.1 Å². The zero-order valence-corrected chi connectivity index (χ0v) is 18.4. The molecule has 3 aromatic rings. The van der Waals surface area contributed by atoms with Gasteiger partial charge >= 0.3 is 0 Å². The lowest BCUT2D eigenvalue weighted by Gasteiger charge is -2.27. The molecule has 3 aromatic carbocycles. The Hall–Kier alpha value is -2.52. The minimum Gasteiger partial charge on any atom is -0.493 e. The molecular weight excluding hydrogens is 436 g/mol. The Balaban J connectivity index is 1.44. The number of ether oxygens (including phenoxy) is 2. The maximum Gasteiger partial charge on any atom is 0.187 e. The van der Waals surface area contributed by atoms with E-state index in [4.69, 9.17) is 9.47 Å². The summed E-state index contributed by atoms with van der Waals surface area (Å²) in [6.45, 7) is 0.873. The molecule has 0 radical (unpaired) electrons. The largest absolute Gasteiger partial charge is 0.493 e. The Morgan fingerprint density at radius 2 is 1.45 bits per heavy atom. The van der Waals surface area contributed by atoms with E-state index in [1.54, 1.807) is 36.4 Å². The third kappa shape index (κ3) is 4.72. The van der Waals surface area contributed by atoms with Gasteiger partial charge in [-0.3, -0.25) is 9.11 Å². The van der Waals surface area contributed by atoms with Crippen molar-refractivity contribution >= 4 is 20.4 Å². The molecule has 1 aliphatic rings. The summed E-state index contributed by atoms with van der Waals surface area (Å²) in [4.78, 5) is 0.414. The number of rotatable bonds is 8. The molecule has 0 aliphatic carbocycles. The molecule has 4 rings (SSSR count). The molecule has 0 bridgehead atoms. The third-order valence-corrected chi connectivity index (χ3v) is 9.25. The molecule has 0 aromatic heterocycles. The summed E-state index contributed by atoms with van der Waals surface area (Å²) in [5.41, 5.74) is 0.420. The van der Waals surface area contributed by atoms with Crippen LogP contribution in [-0.2, 0) is 9.84 Å². The first kappa shape index (κ1) is 21.7. The standard InChI is InChI=1S/C23H24O6S2/c24-30(25)17-23(31(26,27)20-10-5-2-6-11-20)21-13-12-19(16-22(21)30)29-15-7-14-28-18-8-3-1-4-9-18/h1-6,8-13,16,23-25H,7,14-15,17H2. The molecule has 0 spiro atoms. The minimum absolute atomic E-state index is 0.168. The fourth-order valence-corrected chi connectivity index (χ4v) is 7.97. The van der Waals surface area contributed by atoms with Crippen LogP contribution in [0.25, 0.3) is 0 Å². The van der Waals surface area contributed by atoms with Crippen LogP contribution in [0.15, 0.2) is 88.7 Å². The summed E-state index contributed by atoms with van der Waals surface area (Å²) < 4.78 is 58.7. The Bertz CT molecular complexity index is 1130. The van der Waals surface area contributed by atoms with Crippen molar-refractivity contribution in [1.82, 2.24) is 0 Å². The van der Waals surface area contributed by atoms with Crippen molar-refractivity contribution in [2.45, 2.75) is 21.5 Å². The normalized spacial score (nSPS) is 18.2. The molecule has 0 saturated heterocycles. The molecule has 6 nitrogen and oxygen atoms in total. The molecule has 1 heterocycles. The Kier molecular flexibility index (Phi) is 6.24. The van der Waals surface area contributed by atoms with Gasteiger partial charge in [0.25, 0.3) is 0 Å². The van der Waals surface area contributed by atoms with Crippen LogP contribution in [0.3, 0.4) is 0 Å². The highest BCUT2D eigenvalue weighted by atomic mass is 32.3. The second-order valence-corrected chi connectivity index (χ2v) is 11.5. The summed E-state index contributed by atoms with van der Waals surface area (Å²) in [6.07, 6.45) is 0.646. The van der Waals surface area contributed by atoms with Gasteiger partial charge < -0.3 is 9.47 Å². The van der Waals surface area contributed by atoms with Crippen LogP contribution in [0.4, 0.5) is 0 Å². The van der Waals surface area contributed by atoms with Crippen LogP contribution >= 0.6 is 10.6 Å². The van der Waals surface area contributed by atoms with Crippen LogP contribution in [0.5, 0.6) is 11.5 Å². The number of hydrogen-bond acceptors (Lipinski definition) is 6. The number of sulfone groups is 1. The van der Waals surface area contributed by atoms with Gasteiger partial charge in [-0.05, 0) is 35.9 Å². The number of hydrogen-bond donors (Lipinski definition) is 2. The number of benzene rings is 3. The van der Waals surface area contributed by atoms with E-state index >= 15 is 0 Å². The van der Waals surface area contributed by atoms with Crippen molar-refractivity contribution in [3.8, 4) is 11.5 Å². The molecule has 164 valence electrons. The average molecular weight is 461 g/mol. The first-order valence-electron chi connectivity index (χ1n) is 9.87. The lowest BCUT2D eigenvalue weighted by atomic mass is 10.1. The zero-order chi connectivity index (χ0) is 21.9. The molecule has 0 fully saturated rings. The van der Waals surface area contributed by atoms with Crippen molar-refractivity contribution in [2.24, 2.45) is 0 Å². The molecule has 2 N–H and O–H groups in total. The van der Waals surface area contributed by atoms with Crippen LogP contribution in [-0.4, -0.2) is 36.5 Å². The highest BCUT2D eigenvalue weighted by molar-refractivity contribution is 8.25. The maximum atomic E-state index is 13.1. The average Bonchev–Trinajstić information content (AvgIpc) is 3.06. The van der Waals surface area contributed by atoms with E-state index in [0.29, 0.717) is 30.9 Å². The highest BCUT2D eigenvalue weighted by Gasteiger charge is 2.43. The summed E-state index contributed by atoms with van der Waals surface area (Å²) in [7, 11) is -6.97. The first-order chi connectivity index (χ1) is 14.9. The highest BCUT2D eigenvalue weighted by Crippen LogP contribution is 2.61. The fourth-order valence-electron chi connectivity index (χ4n) is 3.53. The van der Waals surface area contributed by atoms with Gasteiger partial charge in [0.1, 0.15) is 16.7 Å². The van der Waals surface area contributed by atoms with E-state index in [0.717, 1.165) is 5.75 Å². The van der Waals surface area contributed by atoms with Gasteiger partial charge in [0.05, 0.1) is 28.8 Å². The van der Waals surface area contributed by atoms with Gasteiger partial charge in [0, 0.05) is 12.5 Å². The number of para-hydroxylation sites is 1.